The average molecular weight is 522 g/mol. The van der Waals surface area contributed by atoms with E-state index in [0.717, 1.165) is 55.3 Å². The number of rotatable bonds is 7. The van der Waals surface area contributed by atoms with Crippen molar-refractivity contribution in [1.82, 2.24) is 20.0 Å². The van der Waals surface area contributed by atoms with Crippen LogP contribution in [0.1, 0.15) is 23.1 Å². The predicted octanol–water partition coefficient (Wildman–Crippen LogP) is 1.51. The summed E-state index contributed by atoms with van der Waals surface area (Å²) in [5, 5.41) is 5.70. The molecule has 0 aliphatic carbocycles. The van der Waals surface area contributed by atoms with Crippen LogP contribution in [0.25, 0.3) is 0 Å². The molecule has 0 radical (unpaired) electrons. The summed E-state index contributed by atoms with van der Waals surface area (Å²) >= 11 is 0. The zero-order valence-electron chi connectivity index (χ0n) is 22.0. The van der Waals surface area contributed by atoms with Gasteiger partial charge < -0.3 is 25.0 Å². The molecular formula is C28H35N5O5. The molecule has 10 heteroatoms. The number of hydrogen-bond donors (Lipinski definition) is 2. The van der Waals surface area contributed by atoms with Crippen LogP contribution in [0.15, 0.2) is 36.4 Å². The van der Waals surface area contributed by atoms with Crippen LogP contribution in [0.3, 0.4) is 0 Å². The van der Waals surface area contributed by atoms with Crippen LogP contribution >= 0.6 is 0 Å². The van der Waals surface area contributed by atoms with Crippen molar-refractivity contribution >= 4 is 23.4 Å². The van der Waals surface area contributed by atoms with Crippen LogP contribution in [-0.4, -0.2) is 91.1 Å². The quantitative estimate of drug-likeness (QED) is 0.569. The summed E-state index contributed by atoms with van der Waals surface area (Å²) in [6, 6.07) is 11.0. The second-order valence-corrected chi connectivity index (χ2v) is 10.2. The van der Waals surface area contributed by atoms with E-state index in [2.05, 4.69) is 26.5 Å². The SMILES string of the molecule is Cc1ccc(NC(=O)C[C@@H]2C(=O)NCCN2C(=O)CN2CCN(Cc3ccc4c(c3)OCO4)CC2)c(C)c1. The summed E-state index contributed by atoms with van der Waals surface area (Å²) in [7, 11) is 0. The van der Waals surface area contributed by atoms with Gasteiger partial charge in [0.1, 0.15) is 6.04 Å². The molecule has 1 atom stereocenters. The highest BCUT2D eigenvalue weighted by molar-refractivity contribution is 5.98. The summed E-state index contributed by atoms with van der Waals surface area (Å²) in [5.41, 5.74) is 3.95. The molecule has 2 saturated heterocycles. The number of carbonyl (C=O) groups excluding carboxylic acids is 3. The Morgan fingerprint density at radius 1 is 0.974 bits per heavy atom. The number of amides is 3. The first-order valence-electron chi connectivity index (χ1n) is 13.1. The first-order valence-corrected chi connectivity index (χ1v) is 13.1. The second kappa shape index (κ2) is 11.4. The number of piperazine rings is 2. The van der Waals surface area contributed by atoms with E-state index in [0.29, 0.717) is 18.8 Å². The number of fused-ring (bicyclic) bond motifs is 1. The largest absolute Gasteiger partial charge is 0.454 e. The minimum atomic E-state index is -0.811. The highest BCUT2D eigenvalue weighted by Gasteiger charge is 2.35. The van der Waals surface area contributed by atoms with Gasteiger partial charge in [-0.25, -0.2) is 0 Å². The van der Waals surface area contributed by atoms with Crippen molar-refractivity contribution in [2.24, 2.45) is 0 Å². The molecule has 2 N–H and O–H groups in total. The fourth-order valence-corrected chi connectivity index (χ4v) is 5.23. The van der Waals surface area contributed by atoms with Crippen LogP contribution in [0.5, 0.6) is 11.5 Å². The first kappa shape index (κ1) is 26.0. The van der Waals surface area contributed by atoms with Gasteiger partial charge in [0.05, 0.1) is 13.0 Å². The molecule has 202 valence electrons. The third-order valence-electron chi connectivity index (χ3n) is 7.35. The Kier molecular flexibility index (Phi) is 7.80. The Bertz CT molecular complexity index is 1210. The lowest BCUT2D eigenvalue weighted by Crippen LogP contribution is -2.60. The zero-order valence-corrected chi connectivity index (χ0v) is 22.0. The molecular weight excluding hydrogens is 486 g/mol. The molecule has 5 rings (SSSR count). The van der Waals surface area contributed by atoms with Gasteiger partial charge in [0, 0.05) is 51.5 Å². The molecule has 3 aliphatic heterocycles. The number of carbonyl (C=O) groups is 3. The van der Waals surface area contributed by atoms with Gasteiger partial charge in [-0.1, -0.05) is 23.8 Å². The van der Waals surface area contributed by atoms with Crippen LogP contribution < -0.4 is 20.1 Å². The number of anilines is 1. The number of benzene rings is 2. The third kappa shape index (κ3) is 6.08. The Labute approximate surface area is 222 Å². The summed E-state index contributed by atoms with van der Waals surface area (Å²) < 4.78 is 10.9. The maximum atomic E-state index is 13.3. The minimum absolute atomic E-state index is 0.0752. The van der Waals surface area contributed by atoms with Crippen LogP contribution in [0, 0.1) is 13.8 Å². The molecule has 0 aromatic heterocycles. The molecule has 3 amide bonds. The molecule has 3 aliphatic rings. The summed E-state index contributed by atoms with van der Waals surface area (Å²) in [4.78, 5) is 44.8. The van der Waals surface area contributed by atoms with E-state index in [1.165, 1.54) is 5.56 Å². The number of aryl methyl sites for hydroxylation is 2. The summed E-state index contributed by atoms with van der Waals surface area (Å²) in [6.07, 6.45) is -0.0752. The second-order valence-electron chi connectivity index (χ2n) is 10.2. The fraction of sp³-hybridized carbons (Fsp3) is 0.464. The van der Waals surface area contributed by atoms with E-state index in [1.807, 2.05) is 44.2 Å². The lowest BCUT2D eigenvalue weighted by atomic mass is 10.1. The van der Waals surface area contributed by atoms with Gasteiger partial charge in [0.2, 0.25) is 24.5 Å². The van der Waals surface area contributed by atoms with Crippen molar-refractivity contribution < 1.29 is 23.9 Å². The summed E-state index contributed by atoms with van der Waals surface area (Å²) in [6.45, 7) is 9.22. The van der Waals surface area contributed by atoms with E-state index in [9.17, 15) is 14.4 Å². The van der Waals surface area contributed by atoms with Crippen molar-refractivity contribution in [1.29, 1.82) is 0 Å². The maximum absolute atomic E-state index is 13.3. The van der Waals surface area contributed by atoms with Gasteiger partial charge in [-0.05, 0) is 43.2 Å². The van der Waals surface area contributed by atoms with E-state index >= 15 is 0 Å². The van der Waals surface area contributed by atoms with Gasteiger partial charge in [-0.2, -0.15) is 0 Å². The molecule has 0 spiro atoms. The number of ether oxygens (including phenoxy) is 2. The molecule has 2 fully saturated rings. The molecule has 3 heterocycles. The van der Waals surface area contributed by atoms with Gasteiger partial charge in [-0.15, -0.1) is 0 Å². The first-order chi connectivity index (χ1) is 18.4. The minimum Gasteiger partial charge on any atom is -0.454 e. The zero-order chi connectivity index (χ0) is 26.6. The Hall–Kier alpha value is -3.63. The van der Waals surface area contributed by atoms with Gasteiger partial charge in [0.15, 0.2) is 11.5 Å². The summed E-state index contributed by atoms with van der Waals surface area (Å²) in [5.74, 6) is 0.885. The van der Waals surface area contributed by atoms with Gasteiger partial charge in [0.25, 0.3) is 0 Å². The van der Waals surface area contributed by atoms with Crippen molar-refractivity contribution in [3.8, 4) is 11.5 Å². The Morgan fingerprint density at radius 3 is 2.53 bits per heavy atom. The van der Waals surface area contributed by atoms with Crippen molar-refractivity contribution in [2.75, 3.05) is 57.9 Å². The standard InChI is InChI=1S/C28H35N5O5/c1-19-3-5-22(20(2)13-19)30-26(34)15-23-28(36)29-7-8-33(23)27(35)17-32-11-9-31(10-12-32)16-21-4-6-24-25(14-21)38-18-37-24/h3-6,13-14,23H,7-12,15-18H2,1-2H3,(H,29,36)(H,30,34)/t23-/m1/s1. The molecule has 0 unspecified atom stereocenters. The van der Waals surface area contributed by atoms with Crippen molar-refractivity contribution in [3.05, 3.63) is 53.1 Å². The van der Waals surface area contributed by atoms with Crippen LogP contribution in [0.2, 0.25) is 0 Å². The maximum Gasteiger partial charge on any atom is 0.243 e. The third-order valence-corrected chi connectivity index (χ3v) is 7.35. The topological polar surface area (TPSA) is 103 Å². The number of nitrogens with one attached hydrogen (secondary N) is 2. The normalized spacial score (nSPS) is 19.8. The van der Waals surface area contributed by atoms with Crippen LogP contribution in [-0.2, 0) is 20.9 Å². The fourth-order valence-electron chi connectivity index (χ4n) is 5.23. The molecule has 2 aromatic carbocycles. The molecule has 38 heavy (non-hydrogen) atoms. The van der Waals surface area contributed by atoms with E-state index in [4.69, 9.17) is 9.47 Å². The highest BCUT2D eigenvalue weighted by atomic mass is 16.7. The molecule has 2 aromatic rings. The van der Waals surface area contributed by atoms with Gasteiger partial charge in [-0.3, -0.25) is 24.2 Å². The smallest absolute Gasteiger partial charge is 0.243 e. The number of nitrogens with zero attached hydrogens (tertiary/aromatic N) is 3. The van der Waals surface area contributed by atoms with E-state index < -0.39 is 6.04 Å². The lowest BCUT2D eigenvalue weighted by molar-refractivity contribution is -0.145. The lowest BCUT2D eigenvalue weighted by Gasteiger charge is -2.38. The molecule has 10 nitrogen and oxygen atoms in total. The number of hydrogen-bond acceptors (Lipinski definition) is 7. The van der Waals surface area contributed by atoms with Gasteiger partial charge >= 0.3 is 0 Å². The molecule has 0 saturated carbocycles. The molecule has 0 bridgehead atoms. The van der Waals surface area contributed by atoms with Crippen molar-refractivity contribution in [2.45, 2.75) is 32.9 Å². The predicted molar refractivity (Wildman–Crippen MR) is 142 cm³/mol. The Morgan fingerprint density at radius 2 is 1.74 bits per heavy atom. The monoisotopic (exact) mass is 521 g/mol. The van der Waals surface area contributed by atoms with E-state index in [-0.39, 0.29) is 37.5 Å². The van der Waals surface area contributed by atoms with Crippen molar-refractivity contribution in [3.63, 3.8) is 0 Å². The Balaban J connectivity index is 1.13. The average Bonchev–Trinajstić information content (AvgIpc) is 3.36. The van der Waals surface area contributed by atoms with E-state index in [1.54, 1.807) is 4.90 Å². The highest BCUT2D eigenvalue weighted by Crippen LogP contribution is 2.32. The van der Waals surface area contributed by atoms with Crippen LogP contribution in [0.4, 0.5) is 5.69 Å².